The molecule has 0 spiro atoms. The van der Waals surface area contributed by atoms with Gasteiger partial charge in [0.15, 0.2) is 0 Å². The number of nitrogens with one attached hydrogen (secondary N) is 1. The summed E-state index contributed by atoms with van der Waals surface area (Å²) in [7, 11) is 1.74. The van der Waals surface area contributed by atoms with E-state index in [4.69, 9.17) is 16.3 Å². The lowest BCUT2D eigenvalue weighted by Gasteiger charge is -2.32. The van der Waals surface area contributed by atoms with Crippen molar-refractivity contribution in [1.29, 1.82) is 0 Å². The highest BCUT2D eigenvalue weighted by atomic mass is 35.5. The van der Waals surface area contributed by atoms with Gasteiger partial charge >= 0.3 is 0 Å². The molecule has 20 heavy (non-hydrogen) atoms. The molecule has 1 aromatic carbocycles. The summed E-state index contributed by atoms with van der Waals surface area (Å²) >= 11 is 6.39. The maximum Gasteiger partial charge on any atom is 0.0587 e. The van der Waals surface area contributed by atoms with E-state index in [1.165, 1.54) is 11.1 Å². The number of rotatable bonds is 9. The lowest BCUT2D eigenvalue weighted by Crippen LogP contribution is -2.36. The molecule has 0 unspecified atom stereocenters. The quantitative estimate of drug-likeness (QED) is 0.689. The minimum Gasteiger partial charge on any atom is -0.383 e. The Balaban J connectivity index is 2.74. The molecule has 1 rings (SSSR count). The largest absolute Gasteiger partial charge is 0.383 e. The summed E-state index contributed by atoms with van der Waals surface area (Å²) < 4.78 is 5.09. The molecule has 0 aliphatic heterocycles. The third-order valence-electron chi connectivity index (χ3n) is 4.26. The number of aryl methyl sites for hydroxylation is 1. The minimum absolute atomic E-state index is 0.270. The van der Waals surface area contributed by atoms with Gasteiger partial charge in [-0.05, 0) is 48.8 Å². The van der Waals surface area contributed by atoms with E-state index in [0.29, 0.717) is 0 Å². The second-order valence-corrected chi connectivity index (χ2v) is 6.06. The van der Waals surface area contributed by atoms with E-state index in [9.17, 15) is 0 Å². The van der Waals surface area contributed by atoms with Crippen LogP contribution >= 0.6 is 11.6 Å². The molecule has 0 saturated heterocycles. The summed E-state index contributed by atoms with van der Waals surface area (Å²) in [6, 6.07) is 6.38. The van der Waals surface area contributed by atoms with Crippen molar-refractivity contribution in [1.82, 2.24) is 5.32 Å². The molecular formula is C17H28ClNO. The average Bonchev–Trinajstić information content (AvgIpc) is 2.45. The number of hydrogen-bond acceptors (Lipinski definition) is 2. The van der Waals surface area contributed by atoms with E-state index in [1.54, 1.807) is 7.11 Å². The molecule has 0 aliphatic rings. The predicted octanol–water partition coefficient (Wildman–Crippen LogP) is 4.23. The molecule has 1 aromatic rings. The van der Waals surface area contributed by atoms with E-state index >= 15 is 0 Å². The maximum absolute atomic E-state index is 6.39. The molecule has 0 fully saturated rings. The van der Waals surface area contributed by atoms with Crippen LogP contribution in [0.2, 0.25) is 5.02 Å². The molecule has 0 saturated carbocycles. The molecule has 3 heteroatoms. The zero-order valence-corrected chi connectivity index (χ0v) is 14.0. The third kappa shape index (κ3) is 5.08. The first-order valence-electron chi connectivity index (χ1n) is 7.51. The van der Waals surface area contributed by atoms with Crippen molar-refractivity contribution in [2.24, 2.45) is 5.41 Å². The molecule has 114 valence electrons. The summed E-state index contributed by atoms with van der Waals surface area (Å²) in [5, 5.41) is 4.41. The lowest BCUT2D eigenvalue weighted by molar-refractivity contribution is 0.185. The molecule has 0 bridgehead atoms. The van der Waals surface area contributed by atoms with Crippen molar-refractivity contribution in [3.8, 4) is 0 Å². The number of benzene rings is 1. The molecule has 0 heterocycles. The number of ether oxygens (including phenoxy) is 1. The van der Waals surface area contributed by atoms with Crippen LogP contribution in [0.3, 0.4) is 0 Å². The van der Waals surface area contributed by atoms with Gasteiger partial charge in [0, 0.05) is 25.2 Å². The third-order valence-corrected chi connectivity index (χ3v) is 4.61. The first-order chi connectivity index (χ1) is 9.56. The van der Waals surface area contributed by atoms with Crippen molar-refractivity contribution < 1.29 is 4.74 Å². The molecule has 0 aromatic heterocycles. The van der Waals surface area contributed by atoms with Gasteiger partial charge in [0.05, 0.1) is 6.61 Å². The monoisotopic (exact) mass is 297 g/mol. The Morgan fingerprint density at radius 3 is 2.50 bits per heavy atom. The first kappa shape index (κ1) is 17.5. The Morgan fingerprint density at radius 1 is 1.25 bits per heavy atom. The second kappa shape index (κ2) is 8.66. The van der Waals surface area contributed by atoms with E-state index in [1.807, 2.05) is 0 Å². The van der Waals surface area contributed by atoms with Crippen molar-refractivity contribution >= 4 is 11.6 Å². The van der Waals surface area contributed by atoms with Gasteiger partial charge in [0.1, 0.15) is 0 Å². The fraction of sp³-hybridized carbons (Fsp3) is 0.647. The second-order valence-electron chi connectivity index (χ2n) is 5.65. The van der Waals surface area contributed by atoms with Gasteiger partial charge in [-0.1, -0.05) is 37.6 Å². The van der Waals surface area contributed by atoms with E-state index in [2.05, 4.69) is 44.3 Å². The molecular weight excluding hydrogens is 270 g/mol. The fourth-order valence-electron chi connectivity index (χ4n) is 2.54. The van der Waals surface area contributed by atoms with Gasteiger partial charge < -0.3 is 10.1 Å². The van der Waals surface area contributed by atoms with E-state index in [0.717, 1.165) is 44.0 Å². The van der Waals surface area contributed by atoms with Crippen molar-refractivity contribution in [2.45, 2.75) is 40.0 Å². The molecule has 0 atom stereocenters. The highest BCUT2D eigenvalue weighted by Crippen LogP contribution is 2.33. The van der Waals surface area contributed by atoms with Gasteiger partial charge in [-0.25, -0.2) is 0 Å². The average molecular weight is 298 g/mol. The van der Waals surface area contributed by atoms with E-state index in [-0.39, 0.29) is 5.41 Å². The molecule has 1 N–H and O–H groups in total. The highest BCUT2D eigenvalue weighted by molar-refractivity contribution is 6.31. The predicted molar refractivity (Wildman–Crippen MR) is 87.7 cm³/mol. The van der Waals surface area contributed by atoms with Crippen LogP contribution < -0.4 is 5.32 Å². The Labute approximate surface area is 128 Å². The lowest BCUT2D eigenvalue weighted by atomic mass is 9.76. The Kier molecular flexibility index (Phi) is 7.57. The number of methoxy groups -OCH3 is 1. The zero-order valence-electron chi connectivity index (χ0n) is 13.3. The van der Waals surface area contributed by atoms with Crippen LogP contribution in [0, 0.1) is 12.3 Å². The summed E-state index contributed by atoms with van der Waals surface area (Å²) in [5.74, 6) is 0. The van der Waals surface area contributed by atoms with Crippen LogP contribution in [0.4, 0.5) is 0 Å². The number of hydrogen-bond donors (Lipinski definition) is 1. The van der Waals surface area contributed by atoms with Gasteiger partial charge in [-0.15, -0.1) is 0 Å². The fourth-order valence-corrected chi connectivity index (χ4v) is 2.84. The topological polar surface area (TPSA) is 21.3 Å². The van der Waals surface area contributed by atoms with Gasteiger partial charge in [-0.3, -0.25) is 0 Å². The summed E-state index contributed by atoms with van der Waals surface area (Å²) in [5.41, 5.74) is 2.75. The smallest absolute Gasteiger partial charge is 0.0587 e. The first-order valence-corrected chi connectivity index (χ1v) is 7.89. The van der Waals surface area contributed by atoms with Crippen LogP contribution in [0.25, 0.3) is 0 Å². The van der Waals surface area contributed by atoms with Crippen LogP contribution in [0.1, 0.15) is 37.8 Å². The summed E-state index contributed by atoms with van der Waals surface area (Å²) in [6.07, 6.45) is 3.32. The zero-order chi connectivity index (χ0) is 15.0. The minimum atomic E-state index is 0.270. The van der Waals surface area contributed by atoms with Crippen molar-refractivity contribution in [3.63, 3.8) is 0 Å². The molecule has 0 radical (unpaired) electrons. The molecule has 0 amide bonds. The van der Waals surface area contributed by atoms with Crippen LogP contribution in [-0.2, 0) is 11.2 Å². The highest BCUT2D eigenvalue weighted by Gasteiger charge is 2.26. The molecule has 0 aliphatic carbocycles. The number of halogens is 1. The van der Waals surface area contributed by atoms with Crippen LogP contribution in [0.15, 0.2) is 18.2 Å². The summed E-state index contributed by atoms with van der Waals surface area (Å²) in [6.45, 7) is 9.28. The van der Waals surface area contributed by atoms with Crippen LogP contribution in [0.5, 0.6) is 0 Å². The standard InChI is InChI=1S/C17H28ClNO/c1-5-17(6-2,13-19-9-10-20-4)12-15-8-7-14(3)11-16(15)18/h7-8,11,19H,5-6,9-10,12-13H2,1-4H3. The molecule has 2 nitrogen and oxygen atoms in total. The Bertz CT molecular complexity index is 402. The van der Waals surface area contributed by atoms with Crippen LogP contribution in [-0.4, -0.2) is 26.8 Å². The Morgan fingerprint density at radius 2 is 1.95 bits per heavy atom. The normalized spacial score (nSPS) is 11.8. The van der Waals surface area contributed by atoms with E-state index < -0.39 is 0 Å². The Hall–Kier alpha value is -0.570. The van der Waals surface area contributed by atoms with Gasteiger partial charge in [0.2, 0.25) is 0 Å². The van der Waals surface area contributed by atoms with Gasteiger partial charge in [0.25, 0.3) is 0 Å². The maximum atomic E-state index is 6.39. The van der Waals surface area contributed by atoms with Crippen molar-refractivity contribution in [3.05, 3.63) is 34.3 Å². The van der Waals surface area contributed by atoms with Crippen molar-refractivity contribution in [2.75, 3.05) is 26.8 Å². The SMILES string of the molecule is CCC(CC)(CNCCOC)Cc1ccc(C)cc1Cl. The van der Waals surface area contributed by atoms with Gasteiger partial charge in [-0.2, -0.15) is 0 Å². The summed E-state index contributed by atoms with van der Waals surface area (Å²) in [4.78, 5) is 0.